The first kappa shape index (κ1) is 21.6. The van der Waals surface area contributed by atoms with Crippen LogP contribution in [0.5, 0.6) is 0 Å². The Balaban J connectivity index is 1.20. The van der Waals surface area contributed by atoms with Crippen molar-refractivity contribution in [3.05, 3.63) is 60.2 Å². The molecular weight excluding hydrogens is 400 g/mol. The molecule has 0 heterocycles. The van der Waals surface area contributed by atoms with Crippen LogP contribution in [0.1, 0.15) is 82.0 Å². The molecule has 2 aromatic rings. The van der Waals surface area contributed by atoms with E-state index in [2.05, 4.69) is 68.4 Å². The van der Waals surface area contributed by atoms with Gasteiger partial charge in [0.2, 0.25) is 0 Å². The number of carbonyl (C=O) groups is 1. The van der Waals surface area contributed by atoms with Crippen molar-refractivity contribution in [1.82, 2.24) is 0 Å². The van der Waals surface area contributed by atoms with Gasteiger partial charge in [-0.2, -0.15) is 0 Å². The van der Waals surface area contributed by atoms with Gasteiger partial charge in [0.05, 0.1) is 0 Å². The Bertz CT molecular complexity index is 991. The molecule has 33 heavy (non-hydrogen) atoms. The van der Waals surface area contributed by atoms with E-state index >= 15 is 0 Å². The van der Waals surface area contributed by atoms with E-state index in [1.54, 1.807) is 0 Å². The molecule has 2 aromatic carbocycles. The van der Waals surface area contributed by atoms with E-state index in [1.165, 1.54) is 62.5 Å². The topological polar surface area (TPSA) is 17.1 Å². The highest BCUT2D eigenvalue weighted by Crippen LogP contribution is 2.64. The van der Waals surface area contributed by atoms with Crippen LogP contribution in [0.3, 0.4) is 0 Å². The molecular formula is C32H40O. The minimum absolute atomic E-state index is 0.213. The van der Waals surface area contributed by atoms with Crippen molar-refractivity contribution in [2.45, 2.75) is 71.6 Å². The molecule has 4 aliphatic rings. The first-order valence-corrected chi connectivity index (χ1v) is 13.7. The number of carbonyl (C=O) groups excluding carboxylic acids is 1. The Morgan fingerprint density at radius 1 is 0.758 bits per heavy atom. The second kappa shape index (κ2) is 8.40. The Kier molecular flexibility index (Phi) is 5.51. The second-order valence-electron chi connectivity index (χ2n) is 12.3. The Morgan fingerprint density at radius 3 is 2.27 bits per heavy atom. The summed E-state index contributed by atoms with van der Waals surface area (Å²) in [5.74, 6) is 6.18. The van der Waals surface area contributed by atoms with Crippen LogP contribution >= 0.6 is 0 Å². The first-order chi connectivity index (χ1) is 16.0. The number of rotatable bonds is 3. The van der Waals surface area contributed by atoms with Crippen molar-refractivity contribution >= 4 is 5.78 Å². The third-order valence-electron chi connectivity index (χ3n) is 10.8. The summed E-state index contributed by atoms with van der Waals surface area (Å²) in [4.78, 5) is 13.8. The standard InChI is InChI=1S/C32H40O/c1-21-8-14-26-25(20-21)13-15-28-27(26)18-19-32(2)29(28)16-17-30(32)31(33)24-11-9-23(10-12-24)22-6-4-3-5-7-22/h3-7,9-12,21,25-30H,8,13-20H2,1-2H3. The van der Waals surface area contributed by atoms with Gasteiger partial charge in [-0.3, -0.25) is 4.79 Å². The molecule has 0 radical (unpaired) electrons. The highest BCUT2D eigenvalue weighted by atomic mass is 16.1. The molecule has 0 saturated heterocycles. The molecule has 0 aromatic heterocycles. The van der Waals surface area contributed by atoms with E-state index in [0.717, 1.165) is 47.5 Å². The number of Topliss-reactive ketones (excluding diaryl/α,β-unsaturated/α-hetero) is 1. The fourth-order valence-electron chi connectivity index (χ4n) is 9.18. The molecule has 0 N–H and O–H groups in total. The molecule has 1 heteroatoms. The summed E-state index contributed by atoms with van der Waals surface area (Å²) in [6, 6.07) is 18.9. The van der Waals surface area contributed by atoms with Crippen molar-refractivity contribution < 1.29 is 4.79 Å². The Hall–Kier alpha value is -1.89. The lowest BCUT2D eigenvalue weighted by atomic mass is 9.49. The Labute approximate surface area is 200 Å². The van der Waals surface area contributed by atoms with Gasteiger partial charge in [-0.25, -0.2) is 0 Å². The smallest absolute Gasteiger partial charge is 0.166 e. The number of fused-ring (bicyclic) bond motifs is 5. The maximum atomic E-state index is 13.8. The molecule has 174 valence electrons. The fourth-order valence-corrected chi connectivity index (χ4v) is 9.18. The molecule has 0 bridgehead atoms. The van der Waals surface area contributed by atoms with Crippen LogP contribution in [0.4, 0.5) is 0 Å². The monoisotopic (exact) mass is 440 g/mol. The first-order valence-electron chi connectivity index (χ1n) is 13.7. The molecule has 4 saturated carbocycles. The van der Waals surface area contributed by atoms with Crippen LogP contribution in [-0.2, 0) is 0 Å². The molecule has 4 aliphatic carbocycles. The average molecular weight is 441 g/mol. The number of ketones is 1. The molecule has 6 rings (SSSR count). The predicted octanol–water partition coefficient (Wildman–Crippen LogP) is 8.44. The fraction of sp³-hybridized carbons (Fsp3) is 0.594. The molecule has 0 amide bonds. The minimum atomic E-state index is 0.213. The van der Waals surface area contributed by atoms with E-state index in [4.69, 9.17) is 0 Å². The predicted molar refractivity (Wildman–Crippen MR) is 136 cm³/mol. The zero-order chi connectivity index (χ0) is 22.6. The van der Waals surface area contributed by atoms with Crippen molar-refractivity contribution in [2.24, 2.45) is 46.8 Å². The van der Waals surface area contributed by atoms with E-state index in [0.29, 0.717) is 5.78 Å². The van der Waals surface area contributed by atoms with Gasteiger partial charge in [0.1, 0.15) is 0 Å². The summed E-state index contributed by atoms with van der Waals surface area (Å²) in [6.45, 7) is 4.97. The minimum Gasteiger partial charge on any atom is -0.294 e. The van der Waals surface area contributed by atoms with Crippen molar-refractivity contribution in [2.75, 3.05) is 0 Å². The number of hydrogen-bond acceptors (Lipinski definition) is 1. The summed E-state index contributed by atoms with van der Waals surface area (Å²) in [7, 11) is 0. The molecule has 0 aliphatic heterocycles. The van der Waals surface area contributed by atoms with E-state index in [9.17, 15) is 4.79 Å². The molecule has 0 spiro atoms. The van der Waals surface area contributed by atoms with Crippen LogP contribution < -0.4 is 0 Å². The molecule has 1 nitrogen and oxygen atoms in total. The van der Waals surface area contributed by atoms with Gasteiger partial charge in [0.15, 0.2) is 5.78 Å². The number of benzene rings is 2. The third-order valence-corrected chi connectivity index (χ3v) is 10.8. The van der Waals surface area contributed by atoms with Gasteiger partial charge in [-0.05, 0) is 103 Å². The van der Waals surface area contributed by atoms with Crippen molar-refractivity contribution in [3.63, 3.8) is 0 Å². The quantitative estimate of drug-likeness (QED) is 0.438. The van der Waals surface area contributed by atoms with E-state index < -0.39 is 0 Å². The lowest BCUT2D eigenvalue weighted by molar-refractivity contribution is -0.0634. The largest absolute Gasteiger partial charge is 0.294 e. The van der Waals surface area contributed by atoms with Crippen LogP contribution in [0.2, 0.25) is 0 Å². The third kappa shape index (κ3) is 3.62. The van der Waals surface area contributed by atoms with Crippen LogP contribution in [0, 0.1) is 46.8 Å². The summed E-state index contributed by atoms with van der Waals surface area (Å²) < 4.78 is 0. The normalized spacial score (nSPS) is 39.9. The van der Waals surface area contributed by atoms with Gasteiger partial charge in [0.25, 0.3) is 0 Å². The summed E-state index contributed by atoms with van der Waals surface area (Å²) in [5.41, 5.74) is 3.55. The summed E-state index contributed by atoms with van der Waals surface area (Å²) >= 11 is 0. The zero-order valence-corrected chi connectivity index (χ0v) is 20.5. The van der Waals surface area contributed by atoms with Gasteiger partial charge in [-0.1, -0.05) is 74.9 Å². The van der Waals surface area contributed by atoms with Gasteiger partial charge < -0.3 is 0 Å². The lowest BCUT2D eigenvalue weighted by Gasteiger charge is -2.56. The Morgan fingerprint density at radius 2 is 1.48 bits per heavy atom. The second-order valence-corrected chi connectivity index (χ2v) is 12.3. The summed E-state index contributed by atoms with van der Waals surface area (Å²) in [6.07, 6.45) is 12.3. The maximum absolute atomic E-state index is 13.8. The van der Waals surface area contributed by atoms with Crippen molar-refractivity contribution in [3.8, 4) is 11.1 Å². The van der Waals surface area contributed by atoms with Gasteiger partial charge >= 0.3 is 0 Å². The average Bonchev–Trinajstić information content (AvgIpc) is 3.21. The van der Waals surface area contributed by atoms with E-state index in [1.807, 2.05) is 0 Å². The lowest BCUT2D eigenvalue weighted by Crippen LogP contribution is -2.49. The van der Waals surface area contributed by atoms with Crippen LogP contribution in [0.25, 0.3) is 11.1 Å². The van der Waals surface area contributed by atoms with Gasteiger partial charge in [-0.15, -0.1) is 0 Å². The van der Waals surface area contributed by atoms with Crippen LogP contribution in [-0.4, -0.2) is 5.78 Å². The SMILES string of the molecule is CC1CCC2C(CCC3C2CCC2(C)C(C(=O)c4ccc(-c5ccccc5)cc4)CCC32)C1. The molecule has 4 fully saturated rings. The maximum Gasteiger partial charge on any atom is 0.166 e. The number of hydrogen-bond donors (Lipinski definition) is 0. The highest BCUT2D eigenvalue weighted by Gasteiger charge is 2.58. The summed E-state index contributed by atoms with van der Waals surface area (Å²) in [5, 5.41) is 0. The van der Waals surface area contributed by atoms with E-state index in [-0.39, 0.29) is 11.3 Å². The van der Waals surface area contributed by atoms with Crippen molar-refractivity contribution in [1.29, 1.82) is 0 Å². The van der Waals surface area contributed by atoms with Crippen LogP contribution in [0.15, 0.2) is 54.6 Å². The molecule has 8 atom stereocenters. The molecule has 8 unspecified atom stereocenters. The zero-order valence-electron chi connectivity index (χ0n) is 20.5. The van der Waals surface area contributed by atoms with Gasteiger partial charge in [0, 0.05) is 11.5 Å². The highest BCUT2D eigenvalue weighted by molar-refractivity contribution is 5.99.